The van der Waals surface area contributed by atoms with Crippen molar-refractivity contribution in [3.8, 4) is 0 Å². The Bertz CT molecular complexity index is 709. The van der Waals surface area contributed by atoms with E-state index in [2.05, 4.69) is 66.0 Å². The van der Waals surface area contributed by atoms with Crippen LogP contribution in [0.5, 0.6) is 0 Å². The highest BCUT2D eigenvalue weighted by molar-refractivity contribution is 14.0. The first kappa shape index (κ1) is 19.2. The second-order valence-electron chi connectivity index (χ2n) is 6.09. The number of H-pyrrole nitrogens is 1. The first-order valence-electron chi connectivity index (χ1n) is 7.82. The van der Waals surface area contributed by atoms with E-state index in [1.165, 1.54) is 18.4 Å². The van der Waals surface area contributed by atoms with Crippen LogP contribution in [0.15, 0.2) is 39.9 Å². The van der Waals surface area contributed by atoms with Gasteiger partial charge in [0, 0.05) is 41.3 Å². The molecule has 1 fully saturated rings. The predicted octanol–water partition coefficient (Wildman–Crippen LogP) is 3.50. The van der Waals surface area contributed by atoms with Crippen molar-refractivity contribution in [2.45, 2.75) is 31.7 Å². The molecular formula is C17H23BrIN5. The third kappa shape index (κ3) is 4.50. The van der Waals surface area contributed by atoms with Crippen molar-refractivity contribution < 1.29 is 0 Å². The van der Waals surface area contributed by atoms with Crippen molar-refractivity contribution >= 4 is 45.9 Å². The van der Waals surface area contributed by atoms with Crippen LogP contribution in [0.4, 0.5) is 0 Å². The van der Waals surface area contributed by atoms with Crippen LogP contribution in [0.2, 0.25) is 0 Å². The highest BCUT2D eigenvalue weighted by atomic mass is 127. The number of aryl methyl sites for hydroxylation is 1. The van der Waals surface area contributed by atoms with Gasteiger partial charge in [-0.2, -0.15) is 5.10 Å². The van der Waals surface area contributed by atoms with Crippen LogP contribution in [-0.4, -0.2) is 29.7 Å². The second-order valence-corrected chi connectivity index (χ2v) is 7.01. The van der Waals surface area contributed by atoms with Crippen LogP contribution in [0.3, 0.4) is 0 Å². The van der Waals surface area contributed by atoms with Gasteiger partial charge in [0.2, 0.25) is 0 Å². The molecule has 3 N–H and O–H groups in total. The Balaban J connectivity index is 0.00000208. The molecule has 0 bridgehead atoms. The minimum atomic E-state index is 0. The van der Waals surface area contributed by atoms with Gasteiger partial charge in [0.25, 0.3) is 0 Å². The zero-order valence-electron chi connectivity index (χ0n) is 13.9. The van der Waals surface area contributed by atoms with Gasteiger partial charge >= 0.3 is 0 Å². The molecule has 0 spiro atoms. The number of aromatic nitrogens is 2. The van der Waals surface area contributed by atoms with Crippen LogP contribution in [0.25, 0.3) is 0 Å². The van der Waals surface area contributed by atoms with E-state index in [1.54, 1.807) is 7.05 Å². The summed E-state index contributed by atoms with van der Waals surface area (Å²) in [6.45, 7) is 3.63. The summed E-state index contributed by atoms with van der Waals surface area (Å²) in [4.78, 5) is 4.31. The van der Waals surface area contributed by atoms with Crippen molar-refractivity contribution in [3.05, 3.63) is 51.8 Å². The van der Waals surface area contributed by atoms with Crippen molar-refractivity contribution in [3.63, 3.8) is 0 Å². The first-order chi connectivity index (χ1) is 11.1. The molecule has 0 aliphatic heterocycles. The van der Waals surface area contributed by atoms with Crippen LogP contribution >= 0.6 is 39.9 Å². The lowest BCUT2D eigenvalue weighted by atomic mass is 9.96. The number of rotatable bonds is 5. The molecule has 1 aliphatic rings. The van der Waals surface area contributed by atoms with Gasteiger partial charge in [-0.05, 0) is 37.5 Å². The fraction of sp³-hybridized carbons (Fsp3) is 0.412. The van der Waals surface area contributed by atoms with Gasteiger partial charge in [0.05, 0.1) is 6.20 Å². The minimum absolute atomic E-state index is 0. The zero-order chi connectivity index (χ0) is 16.3. The Morgan fingerprint density at radius 1 is 1.38 bits per heavy atom. The average molecular weight is 504 g/mol. The molecule has 0 amide bonds. The minimum Gasteiger partial charge on any atom is -0.356 e. The third-order valence-electron chi connectivity index (χ3n) is 4.49. The van der Waals surface area contributed by atoms with E-state index in [9.17, 15) is 0 Å². The highest BCUT2D eigenvalue weighted by Gasteiger charge is 2.44. The molecule has 7 heteroatoms. The number of benzene rings is 1. The van der Waals surface area contributed by atoms with Crippen LogP contribution in [0, 0.1) is 6.92 Å². The molecule has 1 aliphatic carbocycles. The maximum Gasteiger partial charge on any atom is 0.191 e. The smallest absolute Gasteiger partial charge is 0.191 e. The fourth-order valence-electron chi connectivity index (χ4n) is 2.74. The molecule has 130 valence electrons. The SMILES string of the molecule is CN=C(NCc1cn[nH]c1C)NCC1(c2cccc(Br)c2)CC1.I. The number of aliphatic imine (C=N–C) groups is 1. The molecular weight excluding hydrogens is 481 g/mol. The largest absolute Gasteiger partial charge is 0.356 e. The number of halogens is 2. The third-order valence-corrected chi connectivity index (χ3v) is 4.98. The Labute approximate surface area is 168 Å². The number of hydrogen-bond donors (Lipinski definition) is 3. The summed E-state index contributed by atoms with van der Waals surface area (Å²) in [6, 6.07) is 8.61. The summed E-state index contributed by atoms with van der Waals surface area (Å²) in [6.07, 6.45) is 4.28. The van der Waals surface area contributed by atoms with E-state index < -0.39 is 0 Å². The van der Waals surface area contributed by atoms with Crippen LogP contribution < -0.4 is 10.6 Å². The molecule has 5 nitrogen and oxygen atoms in total. The lowest BCUT2D eigenvalue weighted by Gasteiger charge is -2.19. The Morgan fingerprint density at radius 3 is 2.75 bits per heavy atom. The predicted molar refractivity (Wildman–Crippen MR) is 112 cm³/mol. The van der Waals surface area contributed by atoms with E-state index in [0.29, 0.717) is 6.54 Å². The summed E-state index contributed by atoms with van der Waals surface area (Å²) in [5.41, 5.74) is 3.87. The van der Waals surface area contributed by atoms with E-state index >= 15 is 0 Å². The molecule has 0 atom stereocenters. The lowest BCUT2D eigenvalue weighted by Crippen LogP contribution is -2.40. The molecule has 2 aromatic rings. The van der Waals surface area contributed by atoms with Gasteiger partial charge in [-0.15, -0.1) is 24.0 Å². The van der Waals surface area contributed by atoms with E-state index in [-0.39, 0.29) is 29.4 Å². The monoisotopic (exact) mass is 503 g/mol. The molecule has 0 unspecified atom stereocenters. The number of nitrogens with one attached hydrogen (secondary N) is 3. The van der Waals surface area contributed by atoms with Gasteiger partial charge in [-0.1, -0.05) is 28.1 Å². The van der Waals surface area contributed by atoms with E-state index in [0.717, 1.165) is 28.2 Å². The topological polar surface area (TPSA) is 65.1 Å². The van der Waals surface area contributed by atoms with Crippen LogP contribution in [0.1, 0.15) is 29.7 Å². The second kappa shape index (κ2) is 8.33. The molecule has 0 saturated heterocycles. The number of guanidine groups is 1. The van der Waals surface area contributed by atoms with E-state index in [4.69, 9.17) is 0 Å². The molecule has 0 radical (unpaired) electrons. The fourth-order valence-corrected chi connectivity index (χ4v) is 3.14. The molecule has 1 heterocycles. The molecule has 24 heavy (non-hydrogen) atoms. The maximum atomic E-state index is 4.31. The molecule has 1 aromatic heterocycles. The summed E-state index contributed by atoms with van der Waals surface area (Å²) < 4.78 is 1.14. The molecule has 1 saturated carbocycles. The number of aromatic amines is 1. The quantitative estimate of drug-likeness (QED) is 0.332. The Hall–Kier alpha value is -1.09. The van der Waals surface area contributed by atoms with Crippen molar-refractivity contribution in [2.24, 2.45) is 4.99 Å². The normalized spacial score (nSPS) is 15.5. The summed E-state index contributed by atoms with van der Waals surface area (Å²) in [5, 5.41) is 13.8. The van der Waals surface area contributed by atoms with Gasteiger partial charge in [-0.25, -0.2) is 0 Å². The Kier molecular flexibility index (Phi) is 6.68. The summed E-state index contributed by atoms with van der Waals surface area (Å²) in [5.74, 6) is 0.826. The molecule has 3 rings (SSSR count). The van der Waals surface area contributed by atoms with Gasteiger partial charge in [-0.3, -0.25) is 10.1 Å². The first-order valence-corrected chi connectivity index (χ1v) is 8.62. The maximum absolute atomic E-state index is 4.31. The number of hydrogen-bond acceptors (Lipinski definition) is 2. The van der Waals surface area contributed by atoms with Crippen molar-refractivity contribution in [2.75, 3.05) is 13.6 Å². The van der Waals surface area contributed by atoms with Gasteiger partial charge in [0.1, 0.15) is 0 Å². The van der Waals surface area contributed by atoms with Gasteiger partial charge < -0.3 is 10.6 Å². The van der Waals surface area contributed by atoms with Gasteiger partial charge in [0.15, 0.2) is 5.96 Å². The van der Waals surface area contributed by atoms with Crippen molar-refractivity contribution in [1.82, 2.24) is 20.8 Å². The average Bonchev–Trinajstić information content (AvgIpc) is 3.24. The molecule has 1 aromatic carbocycles. The highest BCUT2D eigenvalue weighted by Crippen LogP contribution is 2.48. The number of nitrogens with zero attached hydrogens (tertiary/aromatic N) is 2. The zero-order valence-corrected chi connectivity index (χ0v) is 17.8. The Morgan fingerprint density at radius 2 is 2.17 bits per heavy atom. The standard InChI is InChI=1S/C17H22BrN5.HI/c1-12-13(10-22-23-12)9-20-16(19-2)21-11-17(6-7-17)14-4-3-5-15(18)8-14;/h3-5,8,10H,6-7,9,11H2,1-2H3,(H,22,23)(H2,19,20,21);1H. The summed E-state index contributed by atoms with van der Waals surface area (Å²) >= 11 is 3.56. The van der Waals surface area contributed by atoms with Crippen LogP contribution in [-0.2, 0) is 12.0 Å². The van der Waals surface area contributed by atoms with Crippen molar-refractivity contribution in [1.29, 1.82) is 0 Å². The van der Waals surface area contributed by atoms with E-state index in [1.807, 2.05) is 13.1 Å². The summed E-state index contributed by atoms with van der Waals surface area (Å²) in [7, 11) is 1.80. The lowest BCUT2D eigenvalue weighted by molar-refractivity contribution is 0.645.